The van der Waals surface area contributed by atoms with Gasteiger partial charge >= 0.3 is 22.4 Å². The van der Waals surface area contributed by atoms with E-state index in [1.807, 2.05) is 121 Å². The predicted octanol–water partition coefficient (Wildman–Crippen LogP) is 6.66. The molecular formula is C56H61N9O14S2. The van der Waals surface area contributed by atoms with Crippen molar-refractivity contribution in [3.8, 4) is 5.75 Å². The summed E-state index contributed by atoms with van der Waals surface area (Å²) in [5, 5.41) is 17.2. The monoisotopic (exact) mass is 1150 g/mol. The molecule has 2 aliphatic rings. The number of aromatic nitrogens is 4. The van der Waals surface area contributed by atoms with Gasteiger partial charge in [0.15, 0.2) is 34.9 Å². The molecule has 1 saturated heterocycles. The summed E-state index contributed by atoms with van der Waals surface area (Å²) in [5.74, 6) is -3.22. The van der Waals surface area contributed by atoms with Crippen LogP contribution in [0.5, 0.6) is 5.75 Å². The van der Waals surface area contributed by atoms with Crippen molar-refractivity contribution in [2.24, 2.45) is 10.1 Å². The SMILES string of the molecule is CC(C)(C)OC(=O)NC1=NC(/C(=N/OC(C)(C)C(=O)OC(C)(C)C)C(=O)N[C@@H]2C(=O)N(S(=O)(=O)O)C2n2cc(COCc3cc(=O)c(OC(c4ccccc4)c4ccccc4)cn3OC(c3ccccc3)c3ccccc3)nn2)CS1. The van der Waals surface area contributed by atoms with Crippen LogP contribution in [0, 0.1) is 0 Å². The number of rotatable bonds is 20. The third-order valence-corrected chi connectivity index (χ3v) is 13.7. The van der Waals surface area contributed by atoms with Gasteiger partial charge in [0.05, 0.1) is 31.3 Å². The van der Waals surface area contributed by atoms with Crippen LogP contribution < -0.4 is 25.6 Å². The molecule has 8 rings (SSSR count). The first-order valence-electron chi connectivity index (χ1n) is 25.4. The van der Waals surface area contributed by atoms with Crippen molar-refractivity contribution in [2.45, 2.75) is 116 Å². The van der Waals surface area contributed by atoms with Gasteiger partial charge in [-0.3, -0.25) is 29.2 Å². The van der Waals surface area contributed by atoms with Gasteiger partial charge in [-0.05, 0) is 77.6 Å². The van der Waals surface area contributed by atoms with Crippen LogP contribution in [0.4, 0.5) is 4.79 Å². The maximum atomic E-state index is 14.3. The van der Waals surface area contributed by atoms with Crippen LogP contribution in [0.15, 0.2) is 155 Å². The van der Waals surface area contributed by atoms with Crippen LogP contribution in [0.3, 0.4) is 0 Å². The molecule has 81 heavy (non-hydrogen) atoms. The minimum Gasteiger partial charge on any atom is -0.475 e. The molecule has 23 nitrogen and oxygen atoms in total. The van der Waals surface area contributed by atoms with E-state index >= 15 is 0 Å². The van der Waals surface area contributed by atoms with Crippen molar-refractivity contribution in [3.05, 3.63) is 184 Å². The van der Waals surface area contributed by atoms with Crippen LogP contribution in [0.25, 0.3) is 0 Å². The van der Waals surface area contributed by atoms with Crippen LogP contribution in [-0.2, 0) is 56.9 Å². The molecule has 25 heteroatoms. The smallest absolute Gasteiger partial charge is 0.413 e. The molecule has 2 aromatic heterocycles. The summed E-state index contributed by atoms with van der Waals surface area (Å²) < 4.78 is 61.6. The Kier molecular flexibility index (Phi) is 17.8. The lowest BCUT2D eigenvalue weighted by atomic mass is 10.0. The standard InChI is InChI=1S/C56H61N9O14S2/c1-54(2,3)76-51(69)56(7,8)79-61-44(41-34-80-52(57-41)59-53(70)77-55(4,5)6)48(67)58-45-49(65(50(45)68)81(71,72)73)63-30-39(60-62-63)32-74-33-40-29-42(66)43(75-46(35-21-13-9-14-22-35)36-23-15-10-16-24-36)31-64(40)78-47(37-25-17-11-18-26-37)38-27-19-12-20-28-38/h9-31,41,45-47,49H,32-34H2,1-8H3,(H,58,67)(H,57,59,70)(H,71,72,73)/b61-44-/t41?,45-,49?/m0/s1. The molecule has 6 aromatic rings. The van der Waals surface area contributed by atoms with Crippen molar-refractivity contribution >= 4 is 56.8 Å². The van der Waals surface area contributed by atoms with Gasteiger partial charge in [0.2, 0.25) is 11.0 Å². The Hall–Kier alpha value is -8.39. The number of oxime groups is 1. The number of thioether (sulfide) groups is 1. The van der Waals surface area contributed by atoms with E-state index in [1.165, 1.54) is 37.0 Å². The van der Waals surface area contributed by atoms with Crippen molar-refractivity contribution in [2.75, 3.05) is 5.75 Å². The Balaban J connectivity index is 1.05. The zero-order chi connectivity index (χ0) is 58.3. The molecule has 0 radical (unpaired) electrons. The van der Waals surface area contributed by atoms with Gasteiger partial charge in [0.1, 0.15) is 29.0 Å². The predicted molar refractivity (Wildman–Crippen MR) is 297 cm³/mol. The van der Waals surface area contributed by atoms with E-state index in [0.29, 0.717) is 0 Å². The Bertz CT molecular complexity index is 3380. The van der Waals surface area contributed by atoms with Gasteiger partial charge in [0, 0.05) is 11.8 Å². The average Bonchev–Trinajstić information content (AvgIpc) is 4.30. The molecule has 426 valence electrons. The van der Waals surface area contributed by atoms with E-state index in [4.69, 9.17) is 28.6 Å². The highest BCUT2D eigenvalue weighted by molar-refractivity contribution is 8.14. The highest BCUT2D eigenvalue weighted by atomic mass is 32.2. The number of amides is 3. The number of carbonyl (C=O) groups excluding carboxylic acids is 4. The first kappa shape index (κ1) is 58.8. The van der Waals surface area contributed by atoms with Crippen LogP contribution in [-0.4, -0.2) is 106 Å². The third-order valence-electron chi connectivity index (χ3n) is 11.9. The zero-order valence-corrected chi connectivity index (χ0v) is 47.1. The number of β-lactam (4-membered cyclic amide) rings is 1. The van der Waals surface area contributed by atoms with Crippen LogP contribution in [0.1, 0.15) is 107 Å². The fraction of sp³-hybridized carbons (Fsp3) is 0.339. The van der Waals surface area contributed by atoms with E-state index in [-0.39, 0.29) is 45.6 Å². The minimum atomic E-state index is -5.28. The first-order valence-corrected chi connectivity index (χ1v) is 27.8. The lowest BCUT2D eigenvalue weighted by Crippen LogP contribution is -2.69. The molecule has 3 N–H and O–H groups in total. The number of alkyl carbamates (subject to hydrolysis) is 1. The first-order chi connectivity index (χ1) is 38.3. The Labute approximate surface area is 471 Å². The number of ether oxygens (including phenoxy) is 4. The summed E-state index contributed by atoms with van der Waals surface area (Å²) >= 11 is 1.03. The number of amidine groups is 1. The van der Waals surface area contributed by atoms with E-state index in [1.54, 1.807) is 41.5 Å². The fourth-order valence-corrected chi connectivity index (χ4v) is 9.87. The zero-order valence-electron chi connectivity index (χ0n) is 45.5. The summed E-state index contributed by atoms with van der Waals surface area (Å²) in [6.07, 6.45) is -1.22. The summed E-state index contributed by atoms with van der Waals surface area (Å²) in [7, 11) is -5.28. The van der Waals surface area contributed by atoms with Gasteiger partial charge in [-0.25, -0.2) is 14.3 Å². The van der Waals surface area contributed by atoms with E-state index in [9.17, 15) is 36.9 Å². The molecule has 4 aromatic carbocycles. The normalized spacial score (nSPS) is 16.8. The number of aliphatic imine (C=N–C) groups is 1. The highest BCUT2D eigenvalue weighted by Crippen LogP contribution is 2.34. The Morgan fingerprint density at radius 3 is 1.84 bits per heavy atom. The second-order valence-electron chi connectivity index (χ2n) is 21.1. The maximum absolute atomic E-state index is 14.3. The van der Waals surface area contributed by atoms with Crippen molar-refractivity contribution in [3.63, 3.8) is 0 Å². The average molecular weight is 1150 g/mol. The van der Waals surface area contributed by atoms with Crippen molar-refractivity contribution in [1.82, 2.24) is 34.7 Å². The summed E-state index contributed by atoms with van der Waals surface area (Å²) in [6, 6.07) is 36.3. The molecule has 1 fully saturated rings. The second kappa shape index (κ2) is 24.5. The highest BCUT2D eigenvalue weighted by Gasteiger charge is 2.56. The molecular weight excluding hydrogens is 1090 g/mol. The quantitative estimate of drug-likeness (QED) is 0.0237. The second-order valence-corrected chi connectivity index (χ2v) is 23.4. The Morgan fingerprint density at radius 1 is 0.765 bits per heavy atom. The van der Waals surface area contributed by atoms with Crippen molar-refractivity contribution in [1.29, 1.82) is 0 Å². The summed E-state index contributed by atoms with van der Waals surface area (Å²) in [5.41, 5.74) is -0.966. The van der Waals surface area contributed by atoms with E-state index in [2.05, 4.69) is 31.1 Å². The van der Waals surface area contributed by atoms with Crippen LogP contribution in [0.2, 0.25) is 0 Å². The summed E-state index contributed by atoms with van der Waals surface area (Å²) in [6.45, 7) is 12.1. The largest absolute Gasteiger partial charge is 0.475 e. The molecule has 0 bridgehead atoms. The molecule has 0 aliphatic carbocycles. The number of nitrogens with zero attached hydrogens (tertiary/aromatic N) is 7. The van der Waals surface area contributed by atoms with Crippen LogP contribution >= 0.6 is 11.8 Å². The molecule has 2 unspecified atom stereocenters. The number of esters is 1. The van der Waals surface area contributed by atoms with Gasteiger partial charge in [0.25, 0.3) is 11.8 Å². The number of hydrogen-bond donors (Lipinski definition) is 3. The molecule has 4 heterocycles. The van der Waals surface area contributed by atoms with Crippen molar-refractivity contribution < 1.29 is 60.8 Å². The minimum absolute atomic E-state index is 0.00300. The number of pyridine rings is 1. The maximum Gasteiger partial charge on any atom is 0.413 e. The molecule has 0 saturated carbocycles. The lowest BCUT2D eigenvalue weighted by molar-refractivity contribution is -0.179. The lowest BCUT2D eigenvalue weighted by Gasteiger charge is -2.43. The number of benzene rings is 4. The number of hydrogen-bond acceptors (Lipinski definition) is 18. The van der Waals surface area contributed by atoms with Gasteiger partial charge in [-0.15, -0.1) is 5.10 Å². The number of carbonyl (C=O) groups is 4. The molecule has 0 spiro atoms. The third kappa shape index (κ3) is 15.1. The van der Waals surface area contributed by atoms with E-state index in [0.717, 1.165) is 38.7 Å². The summed E-state index contributed by atoms with van der Waals surface area (Å²) in [4.78, 5) is 84.5. The number of nitrogens with one attached hydrogen (secondary N) is 2. The van der Waals surface area contributed by atoms with Gasteiger partial charge in [-0.1, -0.05) is 143 Å². The topological polar surface area (TPSA) is 283 Å². The fourth-order valence-electron chi connectivity index (χ4n) is 8.13. The Morgan fingerprint density at radius 2 is 1.31 bits per heavy atom. The molecule has 3 amide bonds. The van der Waals surface area contributed by atoms with Gasteiger partial charge < -0.3 is 33.9 Å². The molecule has 3 atom stereocenters. The van der Waals surface area contributed by atoms with E-state index < -0.39 is 92.6 Å². The molecule has 2 aliphatic heterocycles. The van der Waals surface area contributed by atoms with Gasteiger partial charge in [-0.2, -0.15) is 17.5 Å².